The van der Waals surface area contributed by atoms with Crippen LogP contribution in [0.3, 0.4) is 0 Å². The molecule has 1 amide bonds. The minimum Gasteiger partial charge on any atom is -0.369 e. The Labute approximate surface area is 182 Å². The SMILES string of the molecule is Cc1[nH]n(-c2nc(-c3ccccc3)cs2)c(=O)c1C(c1ccccc1)C(C#N)C(N)=O. The van der Waals surface area contributed by atoms with Crippen LogP contribution in [0.4, 0.5) is 0 Å². The first-order chi connectivity index (χ1) is 15.0. The predicted octanol–water partition coefficient (Wildman–Crippen LogP) is 3.35. The third-order valence-electron chi connectivity index (χ3n) is 5.12. The van der Waals surface area contributed by atoms with E-state index in [0.29, 0.717) is 22.0 Å². The third kappa shape index (κ3) is 3.79. The maximum absolute atomic E-state index is 13.4. The minimum atomic E-state index is -1.19. The number of aromatic nitrogens is 3. The summed E-state index contributed by atoms with van der Waals surface area (Å²) in [6.07, 6.45) is 0. The van der Waals surface area contributed by atoms with Crippen LogP contribution in [-0.4, -0.2) is 20.7 Å². The Bertz CT molecular complexity index is 1320. The molecule has 2 atom stereocenters. The van der Waals surface area contributed by atoms with Gasteiger partial charge >= 0.3 is 0 Å². The van der Waals surface area contributed by atoms with Gasteiger partial charge in [-0.15, -0.1) is 11.3 Å². The first-order valence-electron chi connectivity index (χ1n) is 9.58. The highest BCUT2D eigenvalue weighted by atomic mass is 32.1. The summed E-state index contributed by atoms with van der Waals surface area (Å²) in [5.74, 6) is -2.75. The van der Waals surface area contributed by atoms with Crippen LogP contribution in [0.25, 0.3) is 16.4 Å². The summed E-state index contributed by atoms with van der Waals surface area (Å²) in [5.41, 5.74) is 8.41. The number of primary amides is 1. The molecule has 0 saturated carbocycles. The monoisotopic (exact) mass is 429 g/mol. The van der Waals surface area contributed by atoms with E-state index in [9.17, 15) is 14.9 Å². The van der Waals surface area contributed by atoms with E-state index in [1.807, 2.05) is 47.8 Å². The Balaban J connectivity index is 1.83. The van der Waals surface area contributed by atoms with Crippen LogP contribution in [0.5, 0.6) is 0 Å². The molecule has 0 aliphatic rings. The van der Waals surface area contributed by atoms with Crippen molar-refractivity contribution >= 4 is 17.2 Å². The molecule has 0 aliphatic heterocycles. The normalized spacial score (nSPS) is 12.8. The smallest absolute Gasteiger partial charge is 0.277 e. The first kappa shape index (κ1) is 20.3. The highest BCUT2D eigenvalue weighted by Crippen LogP contribution is 2.32. The molecule has 4 rings (SSSR count). The van der Waals surface area contributed by atoms with Crippen molar-refractivity contribution in [2.24, 2.45) is 11.7 Å². The van der Waals surface area contributed by atoms with Crippen molar-refractivity contribution in [2.45, 2.75) is 12.8 Å². The van der Waals surface area contributed by atoms with Gasteiger partial charge in [0.25, 0.3) is 5.56 Å². The van der Waals surface area contributed by atoms with E-state index in [4.69, 9.17) is 5.73 Å². The van der Waals surface area contributed by atoms with Crippen LogP contribution in [0.1, 0.15) is 22.7 Å². The lowest BCUT2D eigenvalue weighted by atomic mass is 9.81. The number of nitrogens with one attached hydrogen (secondary N) is 1. The topological polar surface area (TPSA) is 118 Å². The molecule has 2 heterocycles. The Morgan fingerprint density at radius 3 is 2.42 bits per heavy atom. The molecule has 2 aromatic heterocycles. The Hall–Kier alpha value is -3.96. The van der Waals surface area contributed by atoms with Gasteiger partial charge in [-0.05, 0) is 12.5 Å². The van der Waals surface area contributed by atoms with Crippen molar-refractivity contribution in [1.29, 1.82) is 5.26 Å². The van der Waals surface area contributed by atoms with Crippen LogP contribution in [-0.2, 0) is 4.79 Å². The number of nitriles is 1. The number of carbonyl (C=O) groups excluding carboxylic acids is 1. The van der Waals surface area contributed by atoms with Gasteiger partial charge in [0.15, 0.2) is 0 Å². The van der Waals surface area contributed by atoms with E-state index in [2.05, 4.69) is 10.1 Å². The van der Waals surface area contributed by atoms with Gasteiger partial charge in [-0.25, -0.2) is 4.98 Å². The average Bonchev–Trinajstić information content (AvgIpc) is 3.38. The number of aromatic amines is 1. The number of aryl methyl sites for hydroxylation is 1. The molecule has 2 aromatic carbocycles. The molecular weight excluding hydrogens is 410 g/mol. The summed E-state index contributed by atoms with van der Waals surface area (Å²) in [6, 6.07) is 20.6. The number of thiazole rings is 1. The van der Waals surface area contributed by atoms with E-state index in [0.717, 1.165) is 11.3 Å². The quantitative estimate of drug-likeness (QED) is 0.489. The number of benzene rings is 2. The molecule has 0 bridgehead atoms. The molecule has 7 nitrogen and oxygen atoms in total. The zero-order valence-corrected chi connectivity index (χ0v) is 17.5. The van der Waals surface area contributed by atoms with Crippen LogP contribution in [0.15, 0.2) is 70.8 Å². The van der Waals surface area contributed by atoms with Gasteiger partial charge in [0.2, 0.25) is 11.0 Å². The summed E-state index contributed by atoms with van der Waals surface area (Å²) >= 11 is 1.33. The minimum absolute atomic E-state index is 0.327. The number of nitrogens with zero attached hydrogens (tertiary/aromatic N) is 3. The molecule has 0 saturated heterocycles. The Morgan fingerprint density at radius 2 is 1.81 bits per heavy atom. The van der Waals surface area contributed by atoms with Gasteiger partial charge in [0, 0.05) is 28.1 Å². The number of hydrogen-bond donors (Lipinski definition) is 2. The standard InChI is InChI=1S/C23H19N5O2S/c1-14-19(20(17(12-24)21(25)29)16-10-6-3-7-11-16)22(30)28(27-14)23-26-18(13-31-23)15-8-4-2-5-9-15/h2-11,13,17,20,27H,1H3,(H2,25,29). The molecule has 8 heteroatoms. The summed E-state index contributed by atoms with van der Waals surface area (Å²) in [4.78, 5) is 30.1. The van der Waals surface area contributed by atoms with E-state index >= 15 is 0 Å². The fourth-order valence-corrected chi connectivity index (χ4v) is 4.45. The second-order valence-electron chi connectivity index (χ2n) is 7.07. The van der Waals surface area contributed by atoms with Gasteiger partial charge in [-0.3, -0.25) is 14.7 Å². The van der Waals surface area contributed by atoms with Crippen LogP contribution in [0, 0.1) is 24.2 Å². The van der Waals surface area contributed by atoms with Crippen LogP contribution in [0.2, 0.25) is 0 Å². The lowest BCUT2D eigenvalue weighted by Gasteiger charge is -2.19. The number of H-pyrrole nitrogens is 1. The molecule has 0 radical (unpaired) electrons. The van der Waals surface area contributed by atoms with E-state index < -0.39 is 17.7 Å². The molecule has 31 heavy (non-hydrogen) atoms. The molecule has 0 fully saturated rings. The summed E-state index contributed by atoms with van der Waals surface area (Å²) in [7, 11) is 0. The lowest BCUT2D eigenvalue weighted by Crippen LogP contribution is -2.31. The third-order valence-corrected chi connectivity index (χ3v) is 5.94. The van der Waals surface area contributed by atoms with Crippen molar-refractivity contribution in [1.82, 2.24) is 14.8 Å². The van der Waals surface area contributed by atoms with Crippen LogP contribution >= 0.6 is 11.3 Å². The second-order valence-corrected chi connectivity index (χ2v) is 7.91. The number of carbonyl (C=O) groups is 1. The zero-order chi connectivity index (χ0) is 22.0. The van der Waals surface area contributed by atoms with Gasteiger partial charge in [-0.2, -0.15) is 9.94 Å². The van der Waals surface area contributed by atoms with Crippen molar-refractivity contribution in [3.63, 3.8) is 0 Å². The molecular formula is C23H19N5O2S. The second kappa shape index (κ2) is 8.42. The van der Waals surface area contributed by atoms with Gasteiger partial charge in [-0.1, -0.05) is 60.7 Å². The van der Waals surface area contributed by atoms with E-state index in [1.165, 1.54) is 16.0 Å². The first-order valence-corrected chi connectivity index (χ1v) is 10.5. The van der Waals surface area contributed by atoms with Gasteiger partial charge < -0.3 is 5.73 Å². The Kier molecular flexibility index (Phi) is 5.52. The summed E-state index contributed by atoms with van der Waals surface area (Å²) < 4.78 is 1.35. The maximum Gasteiger partial charge on any atom is 0.277 e. The van der Waals surface area contributed by atoms with E-state index in [-0.39, 0.29) is 5.56 Å². The highest BCUT2D eigenvalue weighted by molar-refractivity contribution is 7.12. The van der Waals surface area contributed by atoms with Crippen molar-refractivity contribution in [3.8, 4) is 22.5 Å². The fraction of sp³-hybridized carbons (Fsp3) is 0.130. The molecule has 4 aromatic rings. The van der Waals surface area contributed by atoms with Crippen molar-refractivity contribution in [2.75, 3.05) is 0 Å². The lowest BCUT2D eigenvalue weighted by molar-refractivity contribution is -0.120. The molecule has 154 valence electrons. The van der Waals surface area contributed by atoms with Crippen molar-refractivity contribution < 1.29 is 4.79 Å². The van der Waals surface area contributed by atoms with E-state index in [1.54, 1.807) is 31.2 Å². The van der Waals surface area contributed by atoms with Crippen molar-refractivity contribution in [3.05, 3.63) is 93.2 Å². The number of hydrogen-bond acceptors (Lipinski definition) is 5. The Morgan fingerprint density at radius 1 is 1.16 bits per heavy atom. The summed E-state index contributed by atoms with van der Waals surface area (Å²) in [6.45, 7) is 1.74. The van der Waals surface area contributed by atoms with Crippen LogP contribution < -0.4 is 11.3 Å². The van der Waals surface area contributed by atoms with Gasteiger partial charge in [0.05, 0.1) is 11.8 Å². The number of nitrogens with two attached hydrogens (primary N) is 1. The molecule has 2 unspecified atom stereocenters. The van der Waals surface area contributed by atoms with Gasteiger partial charge in [0.1, 0.15) is 5.92 Å². The number of amides is 1. The maximum atomic E-state index is 13.4. The molecule has 0 spiro atoms. The number of rotatable bonds is 6. The molecule has 3 N–H and O–H groups in total. The average molecular weight is 430 g/mol. The predicted molar refractivity (Wildman–Crippen MR) is 119 cm³/mol. The zero-order valence-electron chi connectivity index (χ0n) is 16.6. The summed E-state index contributed by atoms with van der Waals surface area (Å²) in [5, 5.41) is 15.0. The highest BCUT2D eigenvalue weighted by Gasteiger charge is 2.34. The molecule has 0 aliphatic carbocycles. The largest absolute Gasteiger partial charge is 0.369 e. The fourth-order valence-electron chi connectivity index (χ4n) is 3.66.